The normalized spacial score (nSPS) is 13.4. The molecule has 8 heteroatoms. The Bertz CT molecular complexity index is 1370. The minimum absolute atomic E-state index is 0.0948. The molecule has 1 aliphatic rings. The lowest BCUT2D eigenvalue weighted by molar-refractivity contribution is 0.0600. The van der Waals surface area contributed by atoms with E-state index in [0.29, 0.717) is 53.6 Å². The third-order valence-corrected chi connectivity index (χ3v) is 5.48. The van der Waals surface area contributed by atoms with Crippen LogP contribution in [0.25, 0.3) is 11.0 Å². The first-order valence-electron chi connectivity index (χ1n) is 10.4. The fraction of sp³-hybridized carbons (Fsp3) is 0.200. The van der Waals surface area contributed by atoms with Crippen LogP contribution in [0.2, 0.25) is 0 Å². The highest BCUT2D eigenvalue weighted by Crippen LogP contribution is 2.34. The first kappa shape index (κ1) is 20.8. The molecular formula is C25H21NO7. The summed E-state index contributed by atoms with van der Waals surface area (Å²) in [7, 11) is 1.32. The van der Waals surface area contributed by atoms with Crippen molar-refractivity contribution < 1.29 is 27.8 Å². The maximum atomic E-state index is 13.3. The standard InChI is InChI=1S/C25H21NO7/c1-15-23(33-17-7-5-16(6-8-17)25(28)29-2)22(27)19-9-10-21-20(24(19)32-15)13-26(14-31-21)12-18-4-3-11-30-18/h3-11H,12-14H2,1-2H3. The maximum absolute atomic E-state index is 13.3. The van der Waals surface area contributed by atoms with Gasteiger partial charge in [0.25, 0.3) is 0 Å². The first-order chi connectivity index (χ1) is 16.0. The largest absolute Gasteiger partial charge is 0.478 e. The molecule has 1 aliphatic heterocycles. The Morgan fingerprint density at radius 2 is 1.94 bits per heavy atom. The summed E-state index contributed by atoms with van der Waals surface area (Å²) in [5, 5.41) is 0.406. The summed E-state index contributed by atoms with van der Waals surface area (Å²) in [6.45, 7) is 3.22. The molecule has 0 N–H and O–H groups in total. The Balaban J connectivity index is 1.47. The Morgan fingerprint density at radius 1 is 1.12 bits per heavy atom. The highest BCUT2D eigenvalue weighted by molar-refractivity contribution is 5.89. The number of methoxy groups -OCH3 is 1. The van der Waals surface area contributed by atoms with E-state index in [-0.39, 0.29) is 11.2 Å². The molecule has 2 aromatic heterocycles. The van der Waals surface area contributed by atoms with Gasteiger partial charge in [-0.2, -0.15) is 0 Å². The lowest BCUT2D eigenvalue weighted by Gasteiger charge is -2.28. The van der Waals surface area contributed by atoms with Crippen molar-refractivity contribution in [1.29, 1.82) is 0 Å². The number of esters is 1. The van der Waals surface area contributed by atoms with Gasteiger partial charge in [-0.05, 0) is 55.5 Å². The third-order valence-electron chi connectivity index (χ3n) is 5.48. The van der Waals surface area contributed by atoms with Crippen molar-refractivity contribution in [2.24, 2.45) is 0 Å². The van der Waals surface area contributed by atoms with E-state index < -0.39 is 5.97 Å². The van der Waals surface area contributed by atoms with Crippen LogP contribution in [0.5, 0.6) is 17.2 Å². The summed E-state index contributed by atoms with van der Waals surface area (Å²) in [4.78, 5) is 26.9. The van der Waals surface area contributed by atoms with Crippen molar-refractivity contribution in [3.8, 4) is 17.2 Å². The minimum Gasteiger partial charge on any atom is -0.478 e. The lowest BCUT2D eigenvalue weighted by Crippen LogP contribution is -2.31. The molecule has 0 atom stereocenters. The number of nitrogens with zero attached hydrogens (tertiary/aromatic N) is 1. The molecule has 4 aromatic rings. The molecule has 33 heavy (non-hydrogen) atoms. The molecule has 0 bridgehead atoms. The number of benzene rings is 2. The van der Waals surface area contributed by atoms with E-state index in [0.717, 1.165) is 11.3 Å². The van der Waals surface area contributed by atoms with Crippen LogP contribution in [0.15, 0.2) is 68.4 Å². The van der Waals surface area contributed by atoms with Gasteiger partial charge in [-0.1, -0.05) is 0 Å². The Labute approximate surface area is 188 Å². The van der Waals surface area contributed by atoms with E-state index in [1.54, 1.807) is 49.6 Å². The monoisotopic (exact) mass is 447 g/mol. The van der Waals surface area contributed by atoms with E-state index in [1.807, 2.05) is 12.1 Å². The molecule has 0 saturated carbocycles. The van der Waals surface area contributed by atoms with Gasteiger partial charge in [0, 0.05) is 6.54 Å². The summed E-state index contributed by atoms with van der Waals surface area (Å²) in [6, 6.07) is 13.6. The second-order valence-electron chi connectivity index (χ2n) is 7.69. The van der Waals surface area contributed by atoms with Crippen molar-refractivity contribution in [2.75, 3.05) is 13.8 Å². The summed E-state index contributed by atoms with van der Waals surface area (Å²) < 4.78 is 27.9. The summed E-state index contributed by atoms with van der Waals surface area (Å²) in [5.74, 6) is 1.92. The van der Waals surface area contributed by atoms with Crippen LogP contribution in [0.4, 0.5) is 0 Å². The second-order valence-corrected chi connectivity index (χ2v) is 7.69. The number of hydrogen-bond donors (Lipinski definition) is 0. The number of furan rings is 1. The van der Waals surface area contributed by atoms with Crippen molar-refractivity contribution in [2.45, 2.75) is 20.0 Å². The average Bonchev–Trinajstić information content (AvgIpc) is 3.34. The molecule has 0 spiro atoms. The van der Waals surface area contributed by atoms with E-state index >= 15 is 0 Å². The summed E-state index contributed by atoms with van der Waals surface area (Å²) in [5.41, 5.74) is 1.39. The predicted octanol–water partition coefficient (Wildman–Crippen LogP) is 4.63. The molecule has 8 nitrogen and oxygen atoms in total. The van der Waals surface area contributed by atoms with Gasteiger partial charge in [0.15, 0.2) is 0 Å². The Morgan fingerprint density at radius 3 is 2.67 bits per heavy atom. The van der Waals surface area contributed by atoms with Crippen molar-refractivity contribution in [3.05, 3.63) is 87.7 Å². The fourth-order valence-electron chi connectivity index (χ4n) is 3.84. The number of carbonyl (C=O) groups excluding carboxylic acids is 1. The second kappa shape index (κ2) is 8.48. The highest BCUT2D eigenvalue weighted by Gasteiger charge is 2.24. The average molecular weight is 447 g/mol. The van der Waals surface area contributed by atoms with Crippen LogP contribution in [0.3, 0.4) is 0 Å². The first-order valence-corrected chi connectivity index (χ1v) is 10.4. The smallest absolute Gasteiger partial charge is 0.337 e. The lowest BCUT2D eigenvalue weighted by atomic mass is 10.1. The number of ether oxygens (including phenoxy) is 3. The maximum Gasteiger partial charge on any atom is 0.337 e. The Hall–Kier alpha value is -4.04. The SMILES string of the molecule is COC(=O)c1ccc(Oc2c(C)oc3c4c(ccc3c2=O)OCN(Cc2ccco2)C4)cc1. The highest BCUT2D eigenvalue weighted by atomic mass is 16.5. The van der Waals surface area contributed by atoms with Crippen molar-refractivity contribution >= 4 is 16.9 Å². The quantitative estimate of drug-likeness (QED) is 0.409. The van der Waals surface area contributed by atoms with E-state index in [2.05, 4.69) is 4.90 Å². The van der Waals surface area contributed by atoms with Gasteiger partial charge in [0.05, 0.1) is 36.4 Å². The van der Waals surface area contributed by atoms with Crippen LogP contribution in [-0.2, 0) is 17.8 Å². The van der Waals surface area contributed by atoms with E-state index in [1.165, 1.54) is 7.11 Å². The molecule has 0 amide bonds. The van der Waals surface area contributed by atoms with Gasteiger partial charge in [-0.15, -0.1) is 0 Å². The summed E-state index contributed by atoms with van der Waals surface area (Å²) >= 11 is 0. The molecule has 0 radical (unpaired) electrons. The van der Waals surface area contributed by atoms with Crippen LogP contribution in [0, 0.1) is 6.92 Å². The molecule has 5 rings (SSSR count). The molecule has 0 fully saturated rings. The zero-order chi connectivity index (χ0) is 22.9. The number of rotatable bonds is 5. The molecule has 0 unspecified atom stereocenters. The van der Waals surface area contributed by atoms with Gasteiger partial charge < -0.3 is 23.0 Å². The van der Waals surface area contributed by atoms with E-state index in [9.17, 15) is 9.59 Å². The molecule has 0 aliphatic carbocycles. The molecule has 2 aromatic carbocycles. The molecular weight excluding hydrogens is 426 g/mol. The number of fused-ring (bicyclic) bond motifs is 3. The number of aryl methyl sites for hydroxylation is 1. The topological polar surface area (TPSA) is 91.4 Å². The minimum atomic E-state index is -0.448. The number of carbonyl (C=O) groups is 1. The zero-order valence-corrected chi connectivity index (χ0v) is 18.1. The van der Waals surface area contributed by atoms with Gasteiger partial charge >= 0.3 is 5.97 Å². The van der Waals surface area contributed by atoms with Gasteiger partial charge in [-0.3, -0.25) is 9.69 Å². The number of hydrogen-bond acceptors (Lipinski definition) is 8. The van der Waals surface area contributed by atoms with E-state index in [4.69, 9.17) is 23.0 Å². The zero-order valence-electron chi connectivity index (χ0n) is 18.1. The van der Waals surface area contributed by atoms with Gasteiger partial charge in [0.1, 0.15) is 35.3 Å². The van der Waals surface area contributed by atoms with Crippen LogP contribution in [-0.4, -0.2) is 24.7 Å². The molecule has 0 saturated heterocycles. The predicted molar refractivity (Wildman–Crippen MR) is 119 cm³/mol. The Kier molecular flexibility index (Phi) is 5.35. The van der Waals surface area contributed by atoms with Crippen LogP contribution in [0.1, 0.15) is 27.4 Å². The summed E-state index contributed by atoms with van der Waals surface area (Å²) in [6.07, 6.45) is 1.64. The molecule has 3 heterocycles. The third kappa shape index (κ3) is 3.96. The fourth-order valence-corrected chi connectivity index (χ4v) is 3.84. The van der Waals surface area contributed by atoms with Crippen molar-refractivity contribution in [3.63, 3.8) is 0 Å². The van der Waals surface area contributed by atoms with Crippen LogP contribution < -0.4 is 14.9 Å². The van der Waals surface area contributed by atoms with Gasteiger partial charge in [-0.25, -0.2) is 4.79 Å². The van der Waals surface area contributed by atoms with Crippen molar-refractivity contribution in [1.82, 2.24) is 4.90 Å². The van der Waals surface area contributed by atoms with Crippen LogP contribution >= 0.6 is 0 Å². The van der Waals surface area contributed by atoms with Gasteiger partial charge in [0.2, 0.25) is 11.2 Å². The molecule has 168 valence electrons.